The van der Waals surface area contributed by atoms with E-state index in [0.29, 0.717) is 12.7 Å². The number of hydrogen-bond donors (Lipinski definition) is 0. The van der Waals surface area contributed by atoms with Crippen LogP contribution in [0, 0.1) is 0 Å². The molecule has 0 saturated heterocycles. The van der Waals surface area contributed by atoms with Gasteiger partial charge >= 0.3 is 0 Å². The zero-order valence-corrected chi connectivity index (χ0v) is 9.84. The maximum absolute atomic E-state index is 5.61. The molecule has 74 valence electrons. The lowest BCUT2D eigenvalue weighted by molar-refractivity contribution is 0.0468. The molecule has 0 unspecified atom stereocenters. The number of rotatable bonds is 4. The maximum Gasteiger partial charge on any atom is 0.0899 e. The van der Waals surface area contributed by atoms with Gasteiger partial charge in [-0.1, -0.05) is 6.92 Å². The van der Waals surface area contributed by atoms with Gasteiger partial charge in [-0.3, -0.25) is 4.68 Å². The number of halogens is 1. The average molecular weight is 247 g/mol. The third kappa shape index (κ3) is 2.81. The van der Waals surface area contributed by atoms with Crippen molar-refractivity contribution in [1.29, 1.82) is 0 Å². The number of nitrogens with zero attached hydrogens (tertiary/aromatic N) is 2. The van der Waals surface area contributed by atoms with Crippen molar-refractivity contribution < 1.29 is 4.74 Å². The van der Waals surface area contributed by atoms with Crippen molar-refractivity contribution in [3.05, 3.63) is 16.4 Å². The zero-order valence-electron chi connectivity index (χ0n) is 8.25. The first-order chi connectivity index (χ1) is 6.15. The number of hydrogen-bond acceptors (Lipinski definition) is 2. The van der Waals surface area contributed by atoms with Crippen LogP contribution in [-0.2, 0) is 18.4 Å². The molecule has 0 spiro atoms. The lowest BCUT2D eigenvalue weighted by Gasteiger charge is -2.10. The van der Waals surface area contributed by atoms with Crippen LogP contribution in [0.25, 0.3) is 0 Å². The molecule has 1 atom stereocenters. The summed E-state index contributed by atoms with van der Waals surface area (Å²) in [5.74, 6) is 0. The van der Waals surface area contributed by atoms with Gasteiger partial charge in [0.2, 0.25) is 0 Å². The van der Waals surface area contributed by atoms with Gasteiger partial charge in [0.15, 0.2) is 0 Å². The minimum atomic E-state index is 0.307. The molecule has 0 radical (unpaired) electrons. The van der Waals surface area contributed by atoms with Gasteiger partial charge in [-0.15, -0.1) is 0 Å². The molecule has 0 aromatic carbocycles. The Morgan fingerprint density at radius 3 is 2.85 bits per heavy atom. The van der Waals surface area contributed by atoms with E-state index in [0.717, 1.165) is 16.6 Å². The Morgan fingerprint density at radius 2 is 2.38 bits per heavy atom. The summed E-state index contributed by atoms with van der Waals surface area (Å²) < 4.78 is 8.44. The van der Waals surface area contributed by atoms with Gasteiger partial charge < -0.3 is 4.74 Å². The fraction of sp³-hybridized carbons (Fsp3) is 0.667. The number of ether oxygens (including phenoxy) is 1. The third-order valence-electron chi connectivity index (χ3n) is 2.09. The summed E-state index contributed by atoms with van der Waals surface area (Å²) >= 11 is 3.43. The molecular formula is C9H15BrN2O. The first-order valence-electron chi connectivity index (χ1n) is 4.43. The third-order valence-corrected chi connectivity index (χ3v) is 2.75. The monoisotopic (exact) mass is 246 g/mol. The molecule has 3 nitrogen and oxygen atoms in total. The highest BCUT2D eigenvalue weighted by molar-refractivity contribution is 9.10. The van der Waals surface area contributed by atoms with Gasteiger partial charge in [0.05, 0.1) is 29.1 Å². The number of aryl methyl sites for hydroxylation is 1. The SMILES string of the molecule is CC[C@H](C)OCc1c(Br)cnn1C. The molecule has 1 rings (SSSR count). The van der Waals surface area contributed by atoms with Crippen molar-refractivity contribution in [2.75, 3.05) is 0 Å². The molecule has 4 heteroatoms. The molecule has 0 aliphatic heterocycles. The second kappa shape index (κ2) is 4.77. The van der Waals surface area contributed by atoms with Gasteiger partial charge in [0, 0.05) is 7.05 Å². The van der Waals surface area contributed by atoms with Crippen molar-refractivity contribution in [1.82, 2.24) is 9.78 Å². The second-order valence-electron chi connectivity index (χ2n) is 3.09. The van der Waals surface area contributed by atoms with Crippen LogP contribution in [0.1, 0.15) is 26.0 Å². The molecular weight excluding hydrogens is 232 g/mol. The van der Waals surface area contributed by atoms with Crippen LogP contribution in [0.4, 0.5) is 0 Å². The van der Waals surface area contributed by atoms with Crippen LogP contribution < -0.4 is 0 Å². The second-order valence-corrected chi connectivity index (χ2v) is 3.95. The Morgan fingerprint density at radius 1 is 1.69 bits per heavy atom. The van der Waals surface area contributed by atoms with E-state index in [-0.39, 0.29) is 0 Å². The Kier molecular flexibility index (Phi) is 3.93. The molecule has 0 bridgehead atoms. The smallest absolute Gasteiger partial charge is 0.0899 e. The predicted molar refractivity (Wildman–Crippen MR) is 55.5 cm³/mol. The fourth-order valence-electron chi connectivity index (χ4n) is 0.937. The standard InChI is InChI=1S/C9H15BrN2O/c1-4-7(2)13-6-9-8(10)5-11-12(9)3/h5,7H,4,6H2,1-3H3/t7-/m0/s1. The van der Waals surface area contributed by atoms with E-state index in [1.165, 1.54) is 0 Å². The molecule has 0 amide bonds. The summed E-state index contributed by atoms with van der Waals surface area (Å²) in [6, 6.07) is 0. The minimum Gasteiger partial charge on any atom is -0.372 e. The molecule has 0 fully saturated rings. The molecule has 1 aromatic heterocycles. The lowest BCUT2D eigenvalue weighted by atomic mass is 10.3. The molecule has 0 aliphatic carbocycles. The van der Waals surface area contributed by atoms with E-state index in [1.54, 1.807) is 6.20 Å². The van der Waals surface area contributed by atoms with Crippen LogP contribution in [0.2, 0.25) is 0 Å². The van der Waals surface area contributed by atoms with Crippen molar-refractivity contribution in [2.24, 2.45) is 7.05 Å². The van der Waals surface area contributed by atoms with Crippen molar-refractivity contribution >= 4 is 15.9 Å². The Bertz CT molecular complexity index is 253. The largest absolute Gasteiger partial charge is 0.372 e. The van der Waals surface area contributed by atoms with E-state index < -0.39 is 0 Å². The minimum absolute atomic E-state index is 0.307. The molecule has 0 N–H and O–H groups in total. The summed E-state index contributed by atoms with van der Waals surface area (Å²) in [5.41, 5.74) is 1.08. The summed E-state index contributed by atoms with van der Waals surface area (Å²) in [4.78, 5) is 0. The van der Waals surface area contributed by atoms with E-state index in [1.807, 2.05) is 11.7 Å². The molecule has 0 saturated carbocycles. The topological polar surface area (TPSA) is 27.1 Å². The Hall–Kier alpha value is -0.350. The molecule has 0 aliphatic rings. The average Bonchev–Trinajstić information content (AvgIpc) is 2.43. The van der Waals surface area contributed by atoms with E-state index in [9.17, 15) is 0 Å². The highest BCUT2D eigenvalue weighted by atomic mass is 79.9. The van der Waals surface area contributed by atoms with Gasteiger partial charge in [0.1, 0.15) is 0 Å². The van der Waals surface area contributed by atoms with Gasteiger partial charge in [-0.25, -0.2) is 0 Å². The quantitative estimate of drug-likeness (QED) is 0.817. The van der Waals surface area contributed by atoms with Crippen molar-refractivity contribution in [3.63, 3.8) is 0 Å². The van der Waals surface area contributed by atoms with Crippen molar-refractivity contribution in [3.8, 4) is 0 Å². The first-order valence-corrected chi connectivity index (χ1v) is 5.22. The summed E-state index contributed by atoms with van der Waals surface area (Å²) in [6.45, 7) is 4.80. The maximum atomic E-state index is 5.61. The van der Waals surface area contributed by atoms with Crippen LogP contribution in [0.15, 0.2) is 10.7 Å². The van der Waals surface area contributed by atoms with Crippen LogP contribution in [0.5, 0.6) is 0 Å². The summed E-state index contributed by atoms with van der Waals surface area (Å²) in [5, 5.41) is 4.11. The predicted octanol–water partition coefficient (Wildman–Crippen LogP) is 2.50. The van der Waals surface area contributed by atoms with E-state index >= 15 is 0 Å². The van der Waals surface area contributed by atoms with Crippen LogP contribution in [0.3, 0.4) is 0 Å². The Balaban J connectivity index is 2.53. The summed E-state index contributed by atoms with van der Waals surface area (Å²) in [6.07, 6.45) is 3.13. The molecule has 1 aromatic rings. The summed E-state index contributed by atoms with van der Waals surface area (Å²) in [7, 11) is 1.92. The zero-order chi connectivity index (χ0) is 9.84. The highest BCUT2D eigenvalue weighted by Crippen LogP contribution is 2.16. The lowest BCUT2D eigenvalue weighted by Crippen LogP contribution is -2.09. The van der Waals surface area contributed by atoms with E-state index in [4.69, 9.17) is 4.74 Å². The van der Waals surface area contributed by atoms with Crippen molar-refractivity contribution in [2.45, 2.75) is 33.0 Å². The molecule has 1 heterocycles. The van der Waals surface area contributed by atoms with Crippen LogP contribution in [-0.4, -0.2) is 15.9 Å². The highest BCUT2D eigenvalue weighted by Gasteiger charge is 2.07. The number of aromatic nitrogens is 2. The first kappa shape index (κ1) is 10.7. The fourth-order valence-corrected chi connectivity index (χ4v) is 1.40. The van der Waals surface area contributed by atoms with Crippen LogP contribution >= 0.6 is 15.9 Å². The molecule has 13 heavy (non-hydrogen) atoms. The van der Waals surface area contributed by atoms with Gasteiger partial charge in [-0.05, 0) is 29.3 Å². The normalized spacial score (nSPS) is 13.2. The van der Waals surface area contributed by atoms with E-state index in [2.05, 4.69) is 34.9 Å². The Labute approximate surface area is 87.2 Å². The van der Waals surface area contributed by atoms with Gasteiger partial charge in [-0.2, -0.15) is 5.10 Å². The van der Waals surface area contributed by atoms with Gasteiger partial charge in [0.25, 0.3) is 0 Å².